The van der Waals surface area contributed by atoms with Gasteiger partial charge >= 0.3 is 12.2 Å². The Kier molecular flexibility index (Phi) is 12.2. The standard InChI is InChI=1S/C50H59N7O9/c1-27-5-11-41(56(27)47(58)44(54-49(60)62-3)29-13-17-64-18-14-29)39-23-36-35-24-43-37(22-31(35)8-10-38(36)52-39)34-9-7-32(21-33(34)26-66-43)40-25-51-46(53-40)42-12-6-28(2)57(42)48(59)45(55-50(61)63-4)30-15-19-65-20-16-30/h7-10,21-22,24-25,27-30,41-42,44-45H,5-6,11-20,23,26H2,1-4H3,(H,51,53)(H,54,60)(H,55,61)/t27-,28-,41-,42-,44?,45-/m0/s1. The Morgan fingerprint density at radius 1 is 0.742 bits per heavy atom. The molecule has 4 aromatic rings. The van der Waals surface area contributed by atoms with Crippen LogP contribution in [-0.2, 0) is 41.6 Å². The number of hydrogen-bond donors (Lipinski definition) is 3. The number of carbonyl (C=O) groups is 4. The summed E-state index contributed by atoms with van der Waals surface area (Å²) in [6.07, 6.45) is 7.21. The number of methoxy groups -OCH3 is 2. The summed E-state index contributed by atoms with van der Waals surface area (Å²) in [7, 11) is 2.64. The lowest BCUT2D eigenvalue weighted by Crippen LogP contribution is -2.57. The number of H-pyrrole nitrogens is 1. The first-order valence-corrected chi connectivity index (χ1v) is 23.6. The van der Waals surface area contributed by atoms with Gasteiger partial charge in [0.25, 0.3) is 0 Å². The number of hydrogen-bond acceptors (Lipinski definition) is 11. The van der Waals surface area contributed by atoms with E-state index in [0.717, 1.165) is 87.1 Å². The first-order valence-electron chi connectivity index (χ1n) is 23.6. The molecule has 6 aliphatic rings. The summed E-state index contributed by atoms with van der Waals surface area (Å²) in [6.45, 7) is 6.74. The molecule has 0 saturated carbocycles. The molecule has 1 unspecified atom stereocenters. The van der Waals surface area contributed by atoms with E-state index in [9.17, 15) is 19.2 Å². The van der Waals surface area contributed by atoms with Crippen LogP contribution in [0.4, 0.5) is 15.3 Å². The first-order chi connectivity index (χ1) is 32.1. The minimum atomic E-state index is -0.713. The number of alkyl carbamates (subject to hydrolysis) is 2. The molecule has 16 heteroatoms. The number of nitrogens with one attached hydrogen (secondary N) is 3. The van der Waals surface area contributed by atoms with E-state index in [1.165, 1.54) is 14.2 Å². The highest BCUT2D eigenvalue weighted by atomic mass is 16.5. The topological polar surface area (TPSA) is 186 Å². The number of nitrogens with zero attached hydrogens (tertiary/aromatic N) is 4. The van der Waals surface area contributed by atoms with Gasteiger partial charge in [-0.25, -0.2) is 14.6 Å². The normalized spacial score (nSPS) is 23.8. The fourth-order valence-corrected chi connectivity index (χ4v) is 11.4. The second-order valence-corrected chi connectivity index (χ2v) is 18.8. The lowest BCUT2D eigenvalue weighted by Gasteiger charge is -2.36. The summed E-state index contributed by atoms with van der Waals surface area (Å²) in [5.74, 6) is 1.23. The van der Waals surface area contributed by atoms with Crippen LogP contribution in [0, 0.1) is 11.8 Å². The van der Waals surface area contributed by atoms with Gasteiger partial charge in [0.1, 0.15) is 30.3 Å². The fourth-order valence-electron chi connectivity index (χ4n) is 11.4. The number of carbonyl (C=O) groups excluding carboxylic acids is 4. The molecule has 16 nitrogen and oxygen atoms in total. The number of fused-ring (bicyclic) bond motifs is 6. The number of likely N-dealkylation sites (tertiary alicyclic amines) is 2. The number of ether oxygens (including phenoxy) is 5. The minimum absolute atomic E-state index is 0.000525. The summed E-state index contributed by atoms with van der Waals surface area (Å²) in [5, 5.41) is 7.89. The van der Waals surface area contributed by atoms with Crippen molar-refractivity contribution in [2.75, 3.05) is 40.6 Å². The van der Waals surface area contributed by atoms with Crippen molar-refractivity contribution in [2.45, 2.75) is 114 Å². The van der Waals surface area contributed by atoms with Gasteiger partial charge in [0.15, 0.2) is 0 Å². The Morgan fingerprint density at radius 2 is 1.36 bits per heavy atom. The van der Waals surface area contributed by atoms with Crippen LogP contribution in [0.15, 0.2) is 53.7 Å². The Morgan fingerprint density at radius 3 is 2.00 bits per heavy atom. The summed E-state index contributed by atoms with van der Waals surface area (Å²) in [4.78, 5) is 71.0. The number of aromatic nitrogens is 2. The Bertz CT molecular complexity index is 2560. The van der Waals surface area contributed by atoms with Crippen LogP contribution in [0.2, 0.25) is 0 Å². The predicted molar refractivity (Wildman–Crippen MR) is 245 cm³/mol. The van der Waals surface area contributed by atoms with Crippen LogP contribution in [0.25, 0.3) is 33.2 Å². The molecule has 0 bridgehead atoms. The highest BCUT2D eigenvalue weighted by Crippen LogP contribution is 2.45. The molecule has 4 amide bonds. The smallest absolute Gasteiger partial charge is 0.407 e. The molecule has 6 atom stereocenters. The number of benzene rings is 3. The van der Waals surface area contributed by atoms with Gasteiger partial charge in [-0.05, 0) is 134 Å². The maximum absolute atomic E-state index is 14.4. The summed E-state index contributed by atoms with van der Waals surface area (Å²) < 4.78 is 27.5. The van der Waals surface area contributed by atoms with E-state index in [1.54, 1.807) is 0 Å². The maximum atomic E-state index is 14.4. The van der Waals surface area contributed by atoms with E-state index in [1.807, 2.05) is 16.0 Å². The van der Waals surface area contributed by atoms with Gasteiger partial charge in [0.2, 0.25) is 11.8 Å². The largest absolute Gasteiger partial charge is 0.488 e. The lowest BCUT2D eigenvalue weighted by atomic mass is 9.90. The van der Waals surface area contributed by atoms with Gasteiger partial charge in [-0.15, -0.1) is 0 Å². The minimum Gasteiger partial charge on any atom is -0.488 e. The van der Waals surface area contributed by atoms with Gasteiger partial charge < -0.3 is 49.1 Å². The summed E-state index contributed by atoms with van der Waals surface area (Å²) >= 11 is 0. The first kappa shape index (κ1) is 43.9. The Labute approximate surface area is 384 Å². The van der Waals surface area contributed by atoms with Crippen LogP contribution in [-0.4, -0.2) is 120 Å². The van der Waals surface area contributed by atoms with Crippen molar-refractivity contribution >= 4 is 46.2 Å². The molecule has 0 spiro atoms. The van der Waals surface area contributed by atoms with Gasteiger partial charge in [-0.2, -0.15) is 0 Å². The van der Waals surface area contributed by atoms with Crippen molar-refractivity contribution in [3.05, 3.63) is 65.6 Å². The van der Waals surface area contributed by atoms with Gasteiger partial charge in [0, 0.05) is 56.2 Å². The third-order valence-corrected chi connectivity index (χ3v) is 15.0. The molecule has 3 N–H and O–H groups in total. The summed E-state index contributed by atoms with van der Waals surface area (Å²) in [5.41, 5.74) is 8.00. The van der Waals surface area contributed by atoms with E-state index in [-0.39, 0.29) is 47.8 Å². The van der Waals surface area contributed by atoms with E-state index < -0.39 is 24.3 Å². The second kappa shape index (κ2) is 18.4. The molecule has 348 valence electrons. The SMILES string of the molecule is COC(=O)NC(C(=O)N1[C@@H](C)CC[C@H]1C1=Nc2ccc3cc4c(cc3c2C1)OCc1cc(-c2cnc([C@@H]3CC[C@H](C)N3C(=O)[C@@H](NC(=O)OC)C3CCOCC3)[nH]2)ccc1-4)C1CCOCC1. The molecule has 10 rings (SSSR count). The van der Waals surface area contributed by atoms with Gasteiger partial charge in [-0.3, -0.25) is 14.6 Å². The molecule has 1 aromatic heterocycles. The zero-order chi connectivity index (χ0) is 45.6. The number of amides is 4. The Balaban J connectivity index is 0.866. The van der Waals surface area contributed by atoms with E-state index in [4.69, 9.17) is 33.7 Å². The van der Waals surface area contributed by atoms with Crippen LogP contribution in [0.1, 0.15) is 88.2 Å². The number of rotatable bonds is 9. The molecule has 4 saturated heterocycles. The molecule has 4 fully saturated rings. The highest BCUT2D eigenvalue weighted by Gasteiger charge is 2.45. The summed E-state index contributed by atoms with van der Waals surface area (Å²) in [6, 6.07) is 13.1. The van der Waals surface area contributed by atoms with E-state index in [2.05, 4.69) is 71.9 Å². The lowest BCUT2D eigenvalue weighted by molar-refractivity contribution is -0.139. The molecular formula is C50H59N7O9. The van der Waals surface area contributed by atoms with E-state index >= 15 is 0 Å². The van der Waals surface area contributed by atoms with Crippen LogP contribution < -0.4 is 15.4 Å². The third kappa shape index (κ3) is 8.16. The van der Waals surface area contributed by atoms with Crippen molar-refractivity contribution in [3.8, 4) is 28.1 Å². The quantitative estimate of drug-likeness (QED) is 0.156. The molecule has 3 aromatic carbocycles. The number of aliphatic imine (C=N–C) groups is 1. The average molecular weight is 902 g/mol. The van der Waals surface area contributed by atoms with Crippen molar-refractivity contribution in [1.82, 2.24) is 30.4 Å². The van der Waals surface area contributed by atoms with Gasteiger partial charge in [-0.1, -0.05) is 18.2 Å². The zero-order valence-electron chi connectivity index (χ0n) is 38.1. The van der Waals surface area contributed by atoms with Crippen molar-refractivity contribution in [1.29, 1.82) is 0 Å². The van der Waals surface area contributed by atoms with Crippen molar-refractivity contribution in [3.63, 3.8) is 0 Å². The zero-order valence-corrected chi connectivity index (χ0v) is 38.1. The van der Waals surface area contributed by atoms with Crippen molar-refractivity contribution in [2.24, 2.45) is 16.8 Å². The molecule has 66 heavy (non-hydrogen) atoms. The van der Waals surface area contributed by atoms with Crippen LogP contribution in [0.3, 0.4) is 0 Å². The molecule has 6 aliphatic heterocycles. The van der Waals surface area contributed by atoms with Gasteiger partial charge in [0.05, 0.1) is 43.9 Å². The van der Waals surface area contributed by atoms with E-state index in [0.29, 0.717) is 71.0 Å². The average Bonchev–Trinajstić information content (AvgIpc) is 4.18. The molecule has 7 heterocycles. The number of imidazole rings is 1. The maximum Gasteiger partial charge on any atom is 0.407 e. The third-order valence-electron chi connectivity index (χ3n) is 15.0. The molecular weight excluding hydrogens is 843 g/mol. The second-order valence-electron chi connectivity index (χ2n) is 18.8. The number of aromatic amines is 1. The van der Waals surface area contributed by atoms with Crippen LogP contribution >= 0.6 is 0 Å². The Hall–Kier alpha value is -6.00. The highest BCUT2D eigenvalue weighted by molar-refractivity contribution is 6.06. The van der Waals surface area contributed by atoms with Crippen LogP contribution in [0.5, 0.6) is 5.75 Å². The molecule has 0 radical (unpaired) electrons. The predicted octanol–water partition coefficient (Wildman–Crippen LogP) is 7.15. The van der Waals surface area contributed by atoms with Crippen molar-refractivity contribution < 1.29 is 42.9 Å². The monoisotopic (exact) mass is 901 g/mol. The molecule has 0 aliphatic carbocycles. The fraction of sp³-hybridized carbons (Fsp3) is 0.520.